The number of ether oxygens (including phenoxy) is 2. The van der Waals surface area contributed by atoms with Crippen LogP contribution in [0.5, 0.6) is 11.5 Å². The quantitative estimate of drug-likeness (QED) is 0.589. The van der Waals surface area contributed by atoms with Crippen LogP contribution in [-0.2, 0) is 9.59 Å². The Morgan fingerprint density at radius 1 is 1.00 bits per heavy atom. The van der Waals surface area contributed by atoms with Gasteiger partial charge in [0.05, 0.1) is 12.2 Å². The maximum Gasteiger partial charge on any atom is 0.263 e. The number of amides is 2. The summed E-state index contributed by atoms with van der Waals surface area (Å²) < 4.78 is 11.5. The summed E-state index contributed by atoms with van der Waals surface area (Å²) in [6, 6.07) is 12.5. The van der Waals surface area contributed by atoms with Crippen LogP contribution in [0.3, 0.4) is 0 Å². The molecule has 2 amide bonds. The van der Waals surface area contributed by atoms with Crippen molar-refractivity contribution in [2.45, 2.75) is 50.8 Å². The predicted octanol–water partition coefficient (Wildman–Crippen LogP) is 4.20. The van der Waals surface area contributed by atoms with Gasteiger partial charge in [-0.2, -0.15) is 0 Å². The number of anilines is 1. The molecule has 1 saturated carbocycles. The number of hydrogen-bond donors (Lipinski definition) is 2. The average molecular weight is 506 g/mol. The lowest BCUT2D eigenvalue weighted by Gasteiger charge is -2.36. The normalized spacial score (nSPS) is 21.7. The second-order valence-electron chi connectivity index (χ2n) is 8.62. The van der Waals surface area contributed by atoms with E-state index in [2.05, 4.69) is 15.5 Å². The maximum absolute atomic E-state index is 12.9. The van der Waals surface area contributed by atoms with Gasteiger partial charge in [-0.3, -0.25) is 9.59 Å². The van der Waals surface area contributed by atoms with Gasteiger partial charge in [0.25, 0.3) is 11.8 Å². The van der Waals surface area contributed by atoms with Gasteiger partial charge < -0.3 is 25.0 Å². The molecular formula is C25H29Cl2N3O4. The number of rotatable bonds is 7. The first kappa shape index (κ1) is 24.5. The van der Waals surface area contributed by atoms with E-state index >= 15 is 0 Å². The Hall–Kier alpha value is -2.64. The summed E-state index contributed by atoms with van der Waals surface area (Å²) >= 11 is 12.0. The molecule has 34 heavy (non-hydrogen) atoms. The molecule has 2 aromatic carbocycles. The molecule has 1 unspecified atom stereocenters. The Balaban J connectivity index is 1.21. The molecule has 1 aliphatic carbocycles. The molecule has 0 spiro atoms. The molecule has 0 saturated heterocycles. The van der Waals surface area contributed by atoms with Gasteiger partial charge in [-0.15, -0.1) is 0 Å². The Morgan fingerprint density at radius 2 is 1.65 bits per heavy atom. The summed E-state index contributed by atoms with van der Waals surface area (Å²) in [6.07, 6.45) is 2.61. The van der Waals surface area contributed by atoms with E-state index in [-0.39, 0.29) is 30.5 Å². The van der Waals surface area contributed by atoms with Crippen molar-refractivity contribution in [2.24, 2.45) is 0 Å². The SMILES string of the molecule is CCN1CC(C(=O)NC2CCC(NC(=O)COc3ccc(Cl)cc3)CC2)Oc2ccc(Cl)cc21. The number of fused-ring (bicyclic) bond motifs is 1. The summed E-state index contributed by atoms with van der Waals surface area (Å²) in [5, 5.41) is 7.42. The summed E-state index contributed by atoms with van der Waals surface area (Å²) in [6.45, 7) is 3.24. The number of halogens is 2. The zero-order valence-corrected chi connectivity index (χ0v) is 20.6. The third-order valence-electron chi connectivity index (χ3n) is 6.21. The topological polar surface area (TPSA) is 79.9 Å². The lowest BCUT2D eigenvalue weighted by Crippen LogP contribution is -2.52. The van der Waals surface area contributed by atoms with Gasteiger partial charge in [0.1, 0.15) is 11.5 Å². The number of nitrogens with one attached hydrogen (secondary N) is 2. The number of carbonyl (C=O) groups excluding carboxylic acids is 2. The van der Waals surface area contributed by atoms with Crippen molar-refractivity contribution in [2.75, 3.05) is 24.6 Å². The van der Waals surface area contributed by atoms with Crippen molar-refractivity contribution >= 4 is 40.7 Å². The maximum atomic E-state index is 12.9. The number of nitrogens with zero attached hydrogens (tertiary/aromatic N) is 1. The van der Waals surface area contributed by atoms with E-state index in [0.29, 0.717) is 28.1 Å². The van der Waals surface area contributed by atoms with E-state index in [4.69, 9.17) is 32.7 Å². The highest BCUT2D eigenvalue weighted by atomic mass is 35.5. The monoisotopic (exact) mass is 505 g/mol. The molecule has 7 nitrogen and oxygen atoms in total. The zero-order valence-electron chi connectivity index (χ0n) is 19.1. The third-order valence-corrected chi connectivity index (χ3v) is 6.70. The van der Waals surface area contributed by atoms with Crippen LogP contribution in [0.4, 0.5) is 5.69 Å². The Morgan fingerprint density at radius 3 is 2.32 bits per heavy atom. The lowest BCUT2D eigenvalue weighted by atomic mass is 9.91. The van der Waals surface area contributed by atoms with Crippen LogP contribution in [0.15, 0.2) is 42.5 Å². The third kappa shape index (κ3) is 6.27. The Kier molecular flexibility index (Phi) is 8.06. The average Bonchev–Trinajstić information content (AvgIpc) is 2.84. The first-order valence-electron chi connectivity index (χ1n) is 11.6. The fraction of sp³-hybridized carbons (Fsp3) is 0.440. The molecule has 2 aromatic rings. The Labute approximate surface area is 209 Å². The number of likely N-dealkylation sites (N-methyl/N-ethyl adjacent to an activating group) is 1. The van der Waals surface area contributed by atoms with Gasteiger partial charge in [0.15, 0.2) is 12.7 Å². The standard InChI is InChI=1S/C25H29Cl2N3O4/c1-2-30-14-23(34-22-12-5-17(27)13-21(22)30)25(32)29-19-8-6-18(7-9-19)28-24(31)15-33-20-10-3-16(26)4-11-20/h3-5,10-13,18-19,23H,2,6-9,14-15H2,1H3,(H,28,31)(H,29,32). The van der Waals surface area contributed by atoms with Crippen molar-refractivity contribution in [1.29, 1.82) is 0 Å². The number of benzene rings is 2. The highest BCUT2D eigenvalue weighted by Crippen LogP contribution is 2.35. The molecule has 0 radical (unpaired) electrons. The summed E-state index contributed by atoms with van der Waals surface area (Å²) in [7, 11) is 0. The van der Waals surface area contributed by atoms with Crippen LogP contribution in [0.25, 0.3) is 0 Å². The van der Waals surface area contributed by atoms with Crippen LogP contribution < -0.4 is 25.0 Å². The molecule has 2 aliphatic rings. The largest absolute Gasteiger partial charge is 0.484 e. The number of hydrogen-bond acceptors (Lipinski definition) is 5. The van der Waals surface area contributed by atoms with Gasteiger partial charge in [-0.25, -0.2) is 0 Å². The van der Waals surface area contributed by atoms with E-state index in [0.717, 1.165) is 37.9 Å². The van der Waals surface area contributed by atoms with E-state index in [1.807, 2.05) is 19.1 Å². The van der Waals surface area contributed by atoms with Crippen molar-refractivity contribution in [3.63, 3.8) is 0 Å². The van der Waals surface area contributed by atoms with Crippen molar-refractivity contribution in [3.05, 3.63) is 52.5 Å². The molecule has 9 heteroatoms. The molecular weight excluding hydrogens is 477 g/mol. The zero-order chi connectivity index (χ0) is 24.1. The Bertz CT molecular complexity index is 1010. The summed E-state index contributed by atoms with van der Waals surface area (Å²) in [5.74, 6) is 1.01. The van der Waals surface area contributed by atoms with Crippen molar-refractivity contribution < 1.29 is 19.1 Å². The van der Waals surface area contributed by atoms with Gasteiger partial charge >= 0.3 is 0 Å². The second kappa shape index (κ2) is 11.2. The molecule has 4 rings (SSSR count). The molecule has 0 bridgehead atoms. The molecule has 1 atom stereocenters. The van der Waals surface area contributed by atoms with Gasteiger partial charge in [0.2, 0.25) is 0 Å². The van der Waals surface area contributed by atoms with E-state index in [9.17, 15) is 9.59 Å². The van der Waals surface area contributed by atoms with Crippen LogP contribution in [0.2, 0.25) is 10.0 Å². The van der Waals surface area contributed by atoms with E-state index in [1.165, 1.54) is 0 Å². The smallest absolute Gasteiger partial charge is 0.263 e. The van der Waals surface area contributed by atoms with Crippen LogP contribution in [0, 0.1) is 0 Å². The molecule has 182 valence electrons. The minimum absolute atomic E-state index is 0.0437. The minimum atomic E-state index is -0.573. The van der Waals surface area contributed by atoms with E-state index in [1.54, 1.807) is 30.3 Å². The van der Waals surface area contributed by atoms with E-state index < -0.39 is 6.10 Å². The van der Waals surface area contributed by atoms with Crippen molar-refractivity contribution in [1.82, 2.24) is 10.6 Å². The summed E-state index contributed by atoms with van der Waals surface area (Å²) in [5.41, 5.74) is 0.912. The number of carbonyl (C=O) groups is 2. The van der Waals surface area contributed by atoms with Crippen molar-refractivity contribution in [3.8, 4) is 11.5 Å². The first-order valence-corrected chi connectivity index (χ1v) is 12.4. The van der Waals surface area contributed by atoms with Crippen LogP contribution in [-0.4, -0.2) is 49.7 Å². The molecule has 2 N–H and O–H groups in total. The highest BCUT2D eigenvalue weighted by Gasteiger charge is 2.32. The second-order valence-corrected chi connectivity index (χ2v) is 9.50. The van der Waals surface area contributed by atoms with Gasteiger partial charge in [-0.05, 0) is 75.1 Å². The van der Waals surface area contributed by atoms with Gasteiger partial charge in [-0.1, -0.05) is 23.2 Å². The lowest BCUT2D eigenvalue weighted by molar-refractivity contribution is -0.129. The predicted molar refractivity (Wildman–Crippen MR) is 133 cm³/mol. The first-order chi connectivity index (χ1) is 16.4. The van der Waals surface area contributed by atoms with Crippen LogP contribution in [0.1, 0.15) is 32.6 Å². The van der Waals surface area contributed by atoms with Gasteiger partial charge in [0, 0.05) is 28.7 Å². The highest BCUT2D eigenvalue weighted by molar-refractivity contribution is 6.31. The fourth-order valence-electron chi connectivity index (χ4n) is 4.39. The molecule has 0 aromatic heterocycles. The fourth-order valence-corrected chi connectivity index (χ4v) is 4.68. The van der Waals surface area contributed by atoms with Crippen LogP contribution >= 0.6 is 23.2 Å². The molecule has 1 fully saturated rings. The minimum Gasteiger partial charge on any atom is -0.484 e. The molecule has 1 aliphatic heterocycles. The molecule has 1 heterocycles. The summed E-state index contributed by atoms with van der Waals surface area (Å²) in [4.78, 5) is 27.3.